The van der Waals surface area contributed by atoms with Crippen molar-refractivity contribution >= 4 is 43.5 Å². The van der Waals surface area contributed by atoms with Gasteiger partial charge < -0.3 is 9.47 Å². The summed E-state index contributed by atoms with van der Waals surface area (Å²) in [6.07, 6.45) is 0. The van der Waals surface area contributed by atoms with E-state index in [0.717, 1.165) is 14.6 Å². The van der Waals surface area contributed by atoms with Crippen molar-refractivity contribution in [3.05, 3.63) is 50.9 Å². The number of fused-ring (bicyclic) bond motifs is 1. The summed E-state index contributed by atoms with van der Waals surface area (Å²) in [5.74, 6) is 0.953. The van der Waals surface area contributed by atoms with Crippen LogP contribution in [0.4, 0.5) is 5.69 Å². The molecule has 108 valence electrons. The summed E-state index contributed by atoms with van der Waals surface area (Å²) < 4.78 is 12.1. The predicted molar refractivity (Wildman–Crippen MR) is 85.5 cm³/mol. The van der Waals surface area contributed by atoms with Crippen molar-refractivity contribution in [3.63, 3.8) is 0 Å². The maximum absolute atomic E-state index is 12.1. The lowest BCUT2D eigenvalue weighted by Gasteiger charge is -2.12. The molecule has 0 saturated heterocycles. The highest BCUT2D eigenvalue weighted by molar-refractivity contribution is 9.11. The summed E-state index contributed by atoms with van der Waals surface area (Å²) in [6, 6.07) is 10.7. The molecule has 0 bridgehead atoms. The highest BCUT2D eigenvalue weighted by Gasteiger charge is 2.16. The van der Waals surface area contributed by atoms with Gasteiger partial charge in [-0.15, -0.1) is 0 Å². The van der Waals surface area contributed by atoms with Gasteiger partial charge in [0.1, 0.15) is 0 Å². The summed E-state index contributed by atoms with van der Waals surface area (Å²) in [5, 5.41) is 0. The molecule has 2 aromatic rings. The number of para-hydroxylation sites is 1. The average molecular weight is 414 g/mol. The van der Waals surface area contributed by atoms with E-state index in [1.165, 1.54) is 0 Å². The lowest BCUT2D eigenvalue weighted by molar-refractivity contribution is 0.0962. The molecule has 0 radical (unpaired) electrons. The van der Waals surface area contributed by atoms with Gasteiger partial charge in [0.2, 0.25) is 6.79 Å². The van der Waals surface area contributed by atoms with Crippen molar-refractivity contribution in [2.24, 2.45) is 0 Å². The first kappa shape index (κ1) is 14.2. The Morgan fingerprint density at radius 1 is 1.05 bits per heavy atom. The summed E-state index contributed by atoms with van der Waals surface area (Å²) in [6.45, 7) is 0.183. The Bertz CT molecular complexity index is 686. The molecule has 5 nitrogen and oxygen atoms in total. The van der Waals surface area contributed by atoms with E-state index in [1.807, 2.05) is 18.2 Å². The van der Waals surface area contributed by atoms with Crippen molar-refractivity contribution < 1.29 is 14.3 Å². The topological polar surface area (TPSA) is 59.6 Å². The van der Waals surface area contributed by atoms with Crippen molar-refractivity contribution in [1.29, 1.82) is 0 Å². The Hall–Kier alpha value is -1.73. The molecule has 0 atom stereocenters. The van der Waals surface area contributed by atoms with E-state index in [0.29, 0.717) is 17.1 Å². The molecule has 2 aromatic carbocycles. The monoisotopic (exact) mass is 412 g/mol. The van der Waals surface area contributed by atoms with Gasteiger partial charge in [0.15, 0.2) is 11.5 Å². The molecule has 3 rings (SSSR count). The van der Waals surface area contributed by atoms with Gasteiger partial charge >= 0.3 is 0 Å². The van der Waals surface area contributed by atoms with Crippen LogP contribution in [-0.2, 0) is 0 Å². The highest BCUT2D eigenvalue weighted by atomic mass is 79.9. The van der Waals surface area contributed by atoms with Gasteiger partial charge in [0, 0.05) is 14.5 Å². The Labute approximate surface area is 137 Å². The van der Waals surface area contributed by atoms with Gasteiger partial charge in [0.05, 0.1) is 5.69 Å². The molecule has 1 heterocycles. The number of hydrogen-bond acceptors (Lipinski definition) is 4. The zero-order valence-corrected chi connectivity index (χ0v) is 13.8. The standard InChI is InChI=1S/C14H10Br2N2O3/c15-9-2-1-3-10(16)13(9)17-18-14(19)8-4-5-11-12(6-8)21-7-20-11/h1-6,17H,7H2,(H,18,19). The fourth-order valence-corrected chi connectivity index (χ4v) is 3.04. The predicted octanol–water partition coefficient (Wildman–Crippen LogP) is 3.70. The third-order valence-electron chi connectivity index (χ3n) is 2.90. The van der Waals surface area contributed by atoms with Gasteiger partial charge in [-0.3, -0.25) is 15.6 Å². The number of anilines is 1. The number of benzene rings is 2. The van der Waals surface area contributed by atoms with Crippen LogP contribution in [0.3, 0.4) is 0 Å². The number of amides is 1. The van der Waals surface area contributed by atoms with Gasteiger partial charge in [-0.2, -0.15) is 0 Å². The van der Waals surface area contributed by atoms with Crippen LogP contribution in [0.2, 0.25) is 0 Å². The van der Waals surface area contributed by atoms with E-state index in [4.69, 9.17) is 9.47 Å². The van der Waals surface area contributed by atoms with E-state index in [9.17, 15) is 4.79 Å². The molecule has 0 aliphatic carbocycles. The number of hydrogen-bond donors (Lipinski definition) is 2. The maximum Gasteiger partial charge on any atom is 0.269 e. The fourth-order valence-electron chi connectivity index (χ4n) is 1.85. The first-order valence-corrected chi connectivity index (χ1v) is 7.64. The van der Waals surface area contributed by atoms with Gasteiger partial charge in [-0.1, -0.05) is 6.07 Å². The largest absolute Gasteiger partial charge is 0.454 e. The van der Waals surface area contributed by atoms with Crippen molar-refractivity contribution in [2.75, 3.05) is 12.2 Å². The van der Waals surface area contributed by atoms with E-state index in [1.54, 1.807) is 18.2 Å². The lowest BCUT2D eigenvalue weighted by Crippen LogP contribution is -2.29. The second kappa shape index (κ2) is 5.95. The lowest BCUT2D eigenvalue weighted by atomic mass is 10.2. The van der Waals surface area contributed by atoms with Crippen LogP contribution in [0.15, 0.2) is 45.3 Å². The zero-order chi connectivity index (χ0) is 14.8. The number of halogens is 2. The minimum absolute atomic E-state index is 0.183. The van der Waals surface area contributed by atoms with E-state index >= 15 is 0 Å². The molecule has 0 saturated carbocycles. The quantitative estimate of drug-likeness (QED) is 0.753. The third kappa shape index (κ3) is 2.98. The van der Waals surface area contributed by atoms with Crippen LogP contribution < -0.4 is 20.3 Å². The van der Waals surface area contributed by atoms with Crippen molar-refractivity contribution in [3.8, 4) is 11.5 Å². The minimum atomic E-state index is -0.268. The molecule has 1 aliphatic rings. The summed E-state index contributed by atoms with van der Waals surface area (Å²) >= 11 is 6.83. The number of carbonyl (C=O) groups excluding carboxylic acids is 1. The summed E-state index contributed by atoms with van der Waals surface area (Å²) in [4.78, 5) is 12.1. The molecule has 7 heteroatoms. The van der Waals surface area contributed by atoms with Gasteiger partial charge in [-0.05, 0) is 62.2 Å². The van der Waals surface area contributed by atoms with E-state index in [-0.39, 0.29) is 12.7 Å². The SMILES string of the molecule is O=C(NNc1c(Br)cccc1Br)c1ccc2c(c1)OCO2. The highest BCUT2D eigenvalue weighted by Crippen LogP contribution is 2.33. The third-order valence-corrected chi connectivity index (χ3v) is 4.22. The number of hydrazine groups is 1. The summed E-state index contributed by atoms with van der Waals surface area (Å²) in [5.41, 5.74) is 6.75. The smallest absolute Gasteiger partial charge is 0.269 e. The normalized spacial score (nSPS) is 12.1. The van der Waals surface area contributed by atoms with E-state index < -0.39 is 0 Å². The number of carbonyl (C=O) groups is 1. The van der Waals surface area contributed by atoms with Crippen LogP contribution in [0.25, 0.3) is 0 Å². The Kier molecular flexibility index (Phi) is 4.03. The molecule has 1 aliphatic heterocycles. The molecular weight excluding hydrogens is 404 g/mol. The van der Waals surface area contributed by atoms with Crippen LogP contribution in [0, 0.1) is 0 Å². The van der Waals surface area contributed by atoms with Crippen LogP contribution >= 0.6 is 31.9 Å². The Balaban J connectivity index is 1.72. The molecule has 21 heavy (non-hydrogen) atoms. The van der Waals surface area contributed by atoms with Crippen LogP contribution in [0.1, 0.15) is 10.4 Å². The van der Waals surface area contributed by atoms with E-state index in [2.05, 4.69) is 42.7 Å². The maximum atomic E-state index is 12.1. The first-order chi connectivity index (χ1) is 10.1. The van der Waals surface area contributed by atoms with Gasteiger partial charge in [-0.25, -0.2) is 0 Å². The Morgan fingerprint density at radius 3 is 2.52 bits per heavy atom. The molecule has 1 amide bonds. The average Bonchev–Trinajstić information content (AvgIpc) is 2.93. The van der Waals surface area contributed by atoms with Gasteiger partial charge in [0.25, 0.3) is 5.91 Å². The van der Waals surface area contributed by atoms with Crippen LogP contribution in [0.5, 0.6) is 11.5 Å². The molecule has 0 aromatic heterocycles. The molecule has 0 fully saturated rings. The second-order valence-corrected chi connectivity index (χ2v) is 5.95. The van der Waals surface area contributed by atoms with Crippen molar-refractivity contribution in [1.82, 2.24) is 5.43 Å². The number of rotatable bonds is 3. The Morgan fingerprint density at radius 2 is 1.76 bits per heavy atom. The molecule has 0 unspecified atom stereocenters. The first-order valence-electron chi connectivity index (χ1n) is 6.05. The summed E-state index contributed by atoms with van der Waals surface area (Å²) in [7, 11) is 0. The van der Waals surface area contributed by atoms with Crippen LogP contribution in [-0.4, -0.2) is 12.7 Å². The molecule has 2 N–H and O–H groups in total. The zero-order valence-electron chi connectivity index (χ0n) is 10.7. The molecule has 0 spiro atoms. The molecular formula is C14H10Br2N2O3. The minimum Gasteiger partial charge on any atom is -0.454 e. The fraction of sp³-hybridized carbons (Fsp3) is 0.0714. The number of nitrogens with one attached hydrogen (secondary N) is 2. The number of ether oxygens (including phenoxy) is 2. The van der Waals surface area contributed by atoms with Crippen molar-refractivity contribution in [2.45, 2.75) is 0 Å². The second-order valence-electron chi connectivity index (χ2n) is 4.24.